The van der Waals surface area contributed by atoms with Crippen molar-refractivity contribution in [2.24, 2.45) is 5.92 Å². The van der Waals surface area contributed by atoms with Gasteiger partial charge in [0, 0.05) is 26.9 Å². The molecule has 3 amide bonds. The standard InChI is InChI=1S/C30H29ClN2O5S2/c1-3-38-30(37)27-22-13-4-17(2)14-23(22)40-29(27)33-26(35)16-24(28(33)36)39-21-11-9-20(10-12-21)32-25(34)15-18-5-7-19(31)8-6-18/h5-12,17,24H,3-4,13-16H2,1-2H3,(H,32,34)/t17-,24+/m1/s1. The number of carbonyl (C=O) groups excluding carboxylic acids is 4. The van der Waals surface area contributed by atoms with Crippen molar-refractivity contribution < 1.29 is 23.9 Å². The average molecular weight is 597 g/mol. The highest BCUT2D eigenvalue weighted by Gasteiger charge is 2.44. The van der Waals surface area contributed by atoms with E-state index < -0.39 is 11.2 Å². The number of carbonyl (C=O) groups is 4. The molecule has 2 aliphatic rings. The van der Waals surface area contributed by atoms with Crippen LogP contribution in [0.5, 0.6) is 0 Å². The normalized spacial score (nSPS) is 18.5. The minimum atomic E-state index is -0.606. The van der Waals surface area contributed by atoms with Crippen molar-refractivity contribution in [3.8, 4) is 0 Å². The summed E-state index contributed by atoms with van der Waals surface area (Å²) in [5.74, 6) is -0.791. The van der Waals surface area contributed by atoms with Gasteiger partial charge in [0.25, 0.3) is 0 Å². The zero-order valence-electron chi connectivity index (χ0n) is 22.2. The van der Waals surface area contributed by atoms with Crippen molar-refractivity contribution in [2.45, 2.75) is 56.1 Å². The lowest BCUT2D eigenvalue weighted by Crippen LogP contribution is -2.32. The molecule has 1 N–H and O–H groups in total. The second kappa shape index (κ2) is 12.2. The Morgan fingerprint density at radius 3 is 2.52 bits per heavy atom. The fraction of sp³-hybridized carbons (Fsp3) is 0.333. The van der Waals surface area contributed by atoms with E-state index in [1.54, 1.807) is 31.2 Å². The van der Waals surface area contributed by atoms with Crippen LogP contribution < -0.4 is 10.2 Å². The van der Waals surface area contributed by atoms with Crippen LogP contribution in [0.4, 0.5) is 10.7 Å². The molecule has 0 saturated carbocycles. The summed E-state index contributed by atoms with van der Waals surface area (Å²) in [7, 11) is 0. The molecule has 1 aliphatic carbocycles. The van der Waals surface area contributed by atoms with Crippen LogP contribution in [0, 0.1) is 5.92 Å². The highest BCUT2D eigenvalue weighted by atomic mass is 35.5. The Kier molecular flexibility index (Phi) is 8.63. The number of benzene rings is 2. The molecule has 0 bridgehead atoms. The molecular weight excluding hydrogens is 568 g/mol. The van der Waals surface area contributed by atoms with Crippen LogP contribution in [0.1, 0.15) is 53.1 Å². The molecule has 10 heteroatoms. The monoisotopic (exact) mass is 596 g/mol. The molecule has 1 saturated heterocycles. The average Bonchev–Trinajstić information content (AvgIpc) is 3.41. The van der Waals surface area contributed by atoms with E-state index in [-0.39, 0.29) is 37.2 Å². The molecule has 0 unspecified atom stereocenters. The molecule has 0 radical (unpaired) electrons. The quantitative estimate of drug-likeness (QED) is 0.242. The van der Waals surface area contributed by atoms with Gasteiger partial charge >= 0.3 is 5.97 Å². The molecule has 1 fully saturated rings. The number of halogens is 1. The third-order valence-electron chi connectivity index (χ3n) is 6.98. The van der Waals surface area contributed by atoms with Gasteiger partial charge in [-0.05, 0) is 79.6 Å². The molecule has 3 aromatic rings. The fourth-order valence-corrected chi connectivity index (χ4v) is 7.69. The lowest BCUT2D eigenvalue weighted by molar-refractivity contribution is -0.121. The van der Waals surface area contributed by atoms with Crippen molar-refractivity contribution in [2.75, 3.05) is 16.8 Å². The summed E-state index contributed by atoms with van der Waals surface area (Å²) in [5.41, 5.74) is 2.79. The SMILES string of the molecule is CCOC(=O)c1c(N2C(=O)C[C@H](Sc3ccc(NC(=O)Cc4ccc(Cl)cc4)cc3)C2=O)sc2c1CC[C@@H](C)C2. The van der Waals surface area contributed by atoms with Gasteiger partial charge in [-0.3, -0.25) is 14.4 Å². The van der Waals surface area contributed by atoms with Crippen LogP contribution in [0.25, 0.3) is 0 Å². The summed E-state index contributed by atoms with van der Waals surface area (Å²) in [5, 5.41) is 3.28. The summed E-state index contributed by atoms with van der Waals surface area (Å²) < 4.78 is 5.33. The Balaban J connectivity index is 1.27. The van der Waals surface area contributed by atoms with Crippen LogP contribution in [-0.2, 0) is 38.4 Å². The minimum Gasteiger partial charge on any atom is -0.462 e. The number of hydrogen-bond acceptors (Lipinski definition) is 7. The molecule has 2 atom stereocenters. The summed E-state index contributed by atoms with van der Waals surface area (Å²) in [6, 6.07) is 14.3. The summed E-state index contributed by atoms with van der Waals surface area (Å²) in [4.78, 5) is 55.1. The van der Waals surface area contributed by atoms with Gasteiger partial charge in [-0.2, -0.15) is 0 Å². The number of nitrogens with zero attached hydrogens (tertiary/aromatic N) is 1. The number of thioether (sulfide) groups is 1. The Morgan fingerprint density at radius 2 is 1.82 bits per heavy atom. The molecular formula is C30H29ClN2O5S2. The van der Waals surface area contributed by atoms with Gasteiger partial charge in [0.2, 0.25) is 17.7 Å². The number of thiophene rings is 1. The first-order valence-electron chi connectivity index (χ1n) is 13.2. The number of fused-ring (bicyclic) bond motifs is 1. The van der Waals surface area contributed by atoms with E-state index in [2.05, 4.69) is 12.2 Å². The summed E-state index contributed by atoms with van der Waals surface area (Å²) in [6.45, 7) is 4.13. The van der Waals surface area contributed by atoms with Crippen LogP contribution in [-0.4, -0.2) is 35.5 Å². The second-order valence-electron chi connectivity index (χ2n) is 10.0. The zero-order valence-corrected chi connectivity index (χ0v) is 24.6. The Bertz CT molecular complexity index is 1450. The first kappa shape index (κ1) is 28.4. The van der Waals surface area contributed by atoms with E-state index in [1.165, 1.54) is 28.0 Å². The molecule has 0 spiro atoms. The number of hydrogen-bond donors (Lipinski definition) is 1. The summed E-state index contributed by atoms with van der Waals surface area (Å²) in [6.07, 6.45) is 2.78. The minimum absolute atomic E-state index is 0.0459. The van der Waals surface area contributed by atoms with Gasteiger partial charge in [0.1, 0.15) is 5.00 Å². The molecule has 7 nitrogen and oxygen atoms in total. The number of ether oxygens (including phenoxy) is 1. The van der Waals surface area contributed by atoms with Crippen LogP contribution in [0.15, 0.2) is 53.4 Å². The van der Waals surface area contributed by atoms with Crippen LogP contribution >= 0.6 is 34.7 Å². The molecule has 2 aromatic carbocycles. The van der Waals surface area contributed by atoms with Gasteiger partial charge in [-0.1, -0.05) is 30.7 Å². The lowest BCUT2D eigenvalue weighted by Gasteiger charge is -2.18. The topological polar surface area (TPSA) is 92.8 Å². The lowest BCUT2D eigenvalue weighted by atomic mass is 9.88. The number of amides is 3. The molecule has 208 valence electrons. The molecule has 2 heterocycles. The zero-order chi connectivity index (χ0) is 28.4. The van der Waals surface area contributed by atoms with Gasteiger partial charge in [-0.15, -0.1) is 23.1 Å². The van der Waals surface area contributed by atoms with E-state index in [0.717, 1.165) is 40.2 Å². The first-order chi connectivity index (χ1) is 19.2. The molecule has 1 aliphatic heterocycles. The van der Waals surface area contributed by atoms with Gasteiger partial charge in [-0.25, -0.2) is 9.69 Å². The largest absolute Gasteiger partial charge is 0.462 e. The summed E-state index contributed by atoms with van der Waals surface area (Å²) >= 11 is 8.58. The predicted octanol–water partition coefficient (Wildman–Crippen LogP) is 6.31. The number of imide groups is 1. The maximum absolute atomic E-state index is 13.5. The smallest absolute Gasteiger partial charge is 0.341 e. The van der Waals surface area contributed by atoms with Crippen molar-refractivity contribution >= 4 is 69.1 Å². The predicted molar refractivity (Wildman–Crippen MR) is 158 cm³/mol. The van der Waals surface area contributed by atoms with Crippen LogP contribution in [0.3, 0.4) is 0 Å². The number of esters is 1. The maximum Gasteiger partial charge on any atom is 0.341 e. The molecule has 40 heavy (non-hydrogen) atoms. The Hall–Kier alpha value is -3.14. The highest BCUT2D eigenvalue weighted by Crippen LogP contribution is 2.45. The van der Waals surface area contributed by atoms with E-state index in [9.17, 15) is 19.2 Å². The fourth-order valence-electron chi connectivity index (χ4n) is 4.99. The van der Waals surface area contributed by atoms with Gasteiger partial charge in [0.05, 0.1) is 23.8 Å². The third kappa shape index (κ3) is 6.11. The maximum atomic E-state index is 13.5. The van der Waals surface area contributed by atoms with E-state index in [1.807, 2.05) is 24.3 Å². The number of anilines is 2. The van der Waals surface area contributed by atoms with Crippen LogP contribution in [0.2, 0.25) is 5.02 Å². The van der Waals surface area contributed by atoms with E-state index >= 15 is 0 Å². The highest BCUT2D eigenvalue weighted by molar-refractivity contribution is 8.00. The Morgan fingerprint density at radius 1 is 1.10 bits per heavy atom. The first-order valence-corrected chi connectivity index (χ1v) is 15.3. The van der Waals surface area contributed by atoms with Gasteiger partial charge in [0.15, 0.2) is 0 Å². The molecule has 1 aromatic heterocycles. The third-order valence-corrected chi connectivity index (χ3v) is 9.66. The Labute approximate surface area is 246 Å². The van der Waals surface area contributed by atoms with E-state index in [0.29, 0.717) is 27.2 Å². The number of nitrogens with one attached hydrogen (secondary N) is 1. The number of rotatable bonds is 8. The van der Waals surface area contributed by atoms with E-state index in [4.69, 9.17) is 16.3 Å². The van der Waals surface area contributed by atoms with Crippen molar-refractivity contribution in [1.82, 2.24) is 0 Å². The van der Waals surface area contributed by atoms with Crippen molar-refractivity contribution in [3.63, 3.8) is 0 Å². The van der Waals surface area contributed by atoms with Gasteiger partial charge < -0.3 is 10.1 Å². The molecule has 5 rings (SSSR count). The second-order valence-corrected chi connectivity index (χ2v) is 12.8. The van der Waals surface area contributed by atoms with Crippen molar-refractivity contribution in [1.29, 1.82) is 0 Å². The van der Waals surface area contributed by atoms with Crippen molar-refractivity contribution in [3.05, 3.63) is 75.1 Å².